The highest BCUT2D eigenvalue weighted by molar-refractivity contribution is 7.13. The largest absolute Gasteiger partial charge is 0.348 e. The number of aromatic nitrogens is 3. The molecule has 1 aliphatic carbocycles. The third kappa shape index (κ3) is 3.02. The minimum atomic E-state index is -0.621. The Morgan fingerprint density at radius 3 is 2.59 bits per heavy atom. The summed E-state index contributed by atoms with van der Waals surface area (Å²) in [6.45, 7) is 1.53. The lowest BCUT2D eigenvalue weighted by atomic mass is 10.0. The lowest BCUT2D eigenvalue weighted by Crippen LogP contribution is -2.45. The molecule has 150 valence electrons. The number of aryl methyl sites for hydroxylation is 1. The Kier molecular flexibility index (Phi) is 4.38. The van der Waals surface area contributed by atoms with E-state index in [9.17, 15) is 14.0 Å². The van der Waals surface area contributed by atoms with Gasteiger partial charge in [-0.15, -0.1) is 0 Å². The number of thiazole rings is 1. The topological polar surface area (TPSA) is 60.1 Å². The smallest absolute Gasteiger partial charge is 0.317 e. The van der Waals surface area contributed by atoms with E-state index < -0.39 is 16.9 Å². The molecular formula is C21H21FN4O2S. The molecule has 0 bridgehead atoms. The predicted octanol–water partition coefficient (Wildman–Crippen LogP) is 1.49. The number of fused-ring (bicyclic) bond motifs is 2. The zero-order chi connectivity index (χ0) is 20.1. The van der Waals surface area contributed by atoms with Crippen molar-refractivity contribution in [2.75, 3.05) is 18.0 Å². The molecule has 0 unspecified atom stereocenters. The van der Waals surface area contributed by atoms with Crippen molar-refractivity contribution in [1.29, 1.82) is 0 Å². The van der Waals surface area contributed by atoms with Crippen LogP contribution in [0.5, 0.6) is 0 Å². The van der Waals surface area contributed by atoms with Gasteiger partial charge in [-0.3, -0.25) is 14.2 Å². The summed E-state index contributed by atoms with van der Waals surface area (Å²) in [5.41, 5.74) is -0.121. The van der Waals surface area contributed by atoms with Crippen molar-refractivity contribution in [3.63, 3.8) is 0 Å². The maximum atomic E-state index is 13.7. The fourth-order valence-electron chi connectivity index (χ4n) is 4.31. The minimum absolute atomic E-state index is 0.0895. The summed E-state index contributed by atoms with van der Waals surface area (Å²) in [5.74, 6) is -0.422. The Bertz CT molecular complexity index is 1310. The number of anilines is 1. The van der Waals surface area contributed by atoms with Crippen molar-refractivity contribution in [3.05, 3.63) is 54.6 Å². The molecule has 1 saturated heterocycles. The molecule has 6 nitrogen and oxygen atoms in total. The van der Waals surface area contributed by atoms with E-state index >= 15 is 0 Å². The number of piperidine rings is 1. The molecule has 2 aromatic heterocycles. The molecule has 0 atom stereocenters. The van der Waals surface area contributed by atoms with Crippen LogP contribution in [0.2, 0.25) is 0 Å². The van der Waals surface area contributed by atoms with Crippen molar-refractivity contribution < 1.29 is 4.39 Å². The van der Waals surface area contributed by atoms with Crippen LogP contribution in [0.25, 0.3) is 23.2 Å². The second-order valence-corrected chi connectivity index (χ2v) is 8.63. The summed E-state index contributed by atoms with van der Waals surface area (Å²) in [6.07, 6.45) is 8.00. The summed E-state index contributed by atoms with van der Waals surface area (Å²) < 4.78 is 17.8. The molecule has 1 aromatic carbocycles. The summed E-state index contributed by atoms with van der Waals surface area (Å²) in [5, 5.41) is 2.10. The number of rotatable bonds is 2. The average Bonchev–Trinajstić information content (AvgIpc) is 3.17. The van der Waals surface area contributed by atoms with Gasteiger partial charge in [-0.2, -0.15) is 0 Å². The van der Waals surface area contributed by atoms with Gasteiger partial charge in [0.2, 0.25) is 0 Å². The van der Waals surface area contributed by atoms with Gasteiger partial charge in [-0.05, 0) is 43.9 Å². The standard InChI is InChI=1S/C21H21FN4O2S/c1-24-17-12-13(22)6-7-16(17)26(20(28)19(24)27)14-8-10-25(11-9-14)21-23-15-4-2-3-5-18(15)29-21/h4-7,12,14H,2-3,8-11H2,1H3. The highest BCUT2D eigenvalue weighted by Crippen LogP contribution is 2.27. The molecule has 3 aromatic rings. The maximum Gasteiger partial charge on any atom is 0.317 e. The molecule has 0 saturated carbocycles. The van der Waals surface area contributed by atoms with Crippen molar-refractivity contribution in [2.24, 2.45) is 7.05 Å². The number of nitrogens with zero attached hydrogens (tertiary/aromatic N) is 4. The Hall–Kier alpha value is -2.74. The van der Waals surface area contributed by atoms with Crippen LogP contribution in [0.4, 0.5) is 9.52 Å². The van der Waals surface area contributed by atoms with Crippen molar-refractivity contribution in [2.45, 2.75) is 31.7 Å². The van der Waals surface area contributed by atoms with Crippen molar-refractivity contribution in [1.82, 2.24) is 14.1 Å². The summed E-state index contributed by atoms with van der Waals surface area (Å²) in [6, 6.07) is 4.16. The van der Waals surface area contributed by atoms with Gasteiger partial charge < -0.3 is 9.47 Å². The molecule has 29 heavy (non-hydrogen) atoms. The van der Waals surface area contributed by atoms with Gasteiger partial charge in [0.25, 0.3) is 0 Å². The normalized spacial score (nSPS) is 17.1. The molecule has 1 aliphatic heterocycles. The van der Waals surface area contributed by atoms with Crippen LogP contribution in [0, 0.1) is 5.82 Å². The highest BCUT2D eigenvalue weighted by Gasteiger charge is 2.26. The second kappa shape index (κ2) is 6.95. The fourth-order valence-corrected chi connectivity index (χ4v) is 5.39. The summed E-state index contributed by atoms with van der Waals surface area (Å²) >= 11 is 1.72. The quantitative estimate of drug-likeness (QED) is 0.599. The number of halogens is 1. The van der Waals surface area contributed by atoms with E-state index in [4.69, 9.17) is 4.98 Å². The summed E-state index contributed by atoms with van der Waals surface area (Å²) in [7, 11) is 1.51. The van der Waals surface area contributed by atoms with Gasteiger partial charge in [0.15, 0.2) is 5.13 Å². The Labute approximate surface area is 169 Å². The zero-order valence-corrected chi connectivity index (χ0v) is 16.9. The van der Waals surface area contributed by atoms with Crippen LogP contribution in [0.1, 0.15) is 31.7 Å². The van der Waals surface area contributed by atoms with E-state index in [1.165, 1.54) is 28.3 Å². The van der Waals surface area contributed by atoms with Gasteiger partial charge in [-0.1, -0.05) is 23.5 Å². The van der Waals surface area contributed by atoms with Gasteiger partial charge in [0.05, 0.1) is 20.9 Å². The monoisotopic (exact) mass is 412 g/mol. The van der Waals surface area contributed by atoms with Gasteiger partial charge in [-0.25, -0.2) is 9.37 Å². The van der Waals surface area contributed by atoms with Gasteiger partial charge >= 0.3 is 11.1 Å². The van der Waals surface area contributed by atoms with Crippen LogP contribution in [0.3, 0.4) is 0 Å². The van der Waals surface area contributed by atoms with Crippen LogP contribution in [-0.2, 0) is 7.05 Å². The first kappa shape index (κ1) is 18.3. The van der Waals surface area contributed by atoms with E-state index in [0.29, 0.717) is 11.0 Å². The fraction of sp³-hybridized carbons (Fsp3) is 0.381. The third-order valence-electron chi connectivity index (χ3n) is 5.87. The van der Waals surface area contributed by atoms with Crippen LogP contribution in [-0.4, -0.2) is 27.2 Å². The second-order valence-electron chi connectivity index (χ2n) is 7.62. The maximum absolute atomic E-state index is 13.7. The lowest BCUT2D eigenvalue weighted by Gasteiger charge is -2.33. The average molecular weight is 412 g/mol. The van der Waals surface area contributed by atoms with Crippen LogP contribution < -0.4 is 25.9 Å². The molecule has 0 spiro atoms. The molecule has 0 N–H and O–H groups in total. The molecule has 0 radical (unpaired) electrons. The molecular weight excluding hydrogens is 391 g/mol. The first-order valence-corrected chi connectivity index (χ1v) is 10.7. The highest BCUT2D eigenvalue weighted by atomic mass is 32.1. The Morgan fingerprint density at radius 1 is 1.07 bits per heavy atom. The molecule has 1 fully saturated rings. The van der Waals surface area contributed by atoms with E-state index in [-0.39, 0.29) is 6.04 Å². The van der Waals surface area contributed by atoms with E-state index in [1.807, 2.05) is 0 Å². The van der Waals surface area contributed by atoms with Crippen molar-refractivity contribution in [3.8, 4) is 0 Å². The van der Waals surface area contributed by atoms with Crippen LogP contribution >= 0.6 is 11.3 Å². The first-order chi connectivity index (χ1) is 14.0. The van der Waals surface area contributed by atoms with E-state index in [2.05, 4.69) is 17.1 Å². The zero-order valence-electron chi connectivity index (χ0n) is 16.1. The Balaban J connectivity index is 1.48. The predicted molar refractivity (Wildman–Crippen MR) is 113 cm³/mol. The molecule has 3 heterocycles. The number of hydrogen-bond acceptors (Lipinski definition) is 5. The number of hydrogen-bond donors (Lipinski definition) is 0. The first-order valence-electron chi connectivity index (χ1n) is 9.86. The lowest BCUT2D eigenvalue weighted by molar-refractivity contribution is 0.393. The molecule has 2 aliphatic rings. The van der Waals surface area contributed by atoms with E-state index in [0.717, 1.165) is 49.3 Å². The molecule has 5 rings (SSSR count). The van der Waals surface area contributed by atoms with Crippen LogP contribution in [0.15, 0.2) is 27.8 Å². The van der Waals surface area contributed by atoms with E-state index in [1.54, 1.807) is 22.0 Å². The third-order valence-corrected chi connectivity index (χ3v) is 7.00. The summed E-state index contributed by atoms with van der Waals surface area (Å²) in [4.78, 5) is 32.2. The Morgan fingerprint density at radius 2 is 1.83 bits per heavy atom. The van der Waals surface area contributed by atoms with Gasteiger partial charge in [0, 0.05) is 26.2 Å². The minimum Gasteiger partial charge on any atom is -0.348 e. The SMILES string of the molecule is Cn1c(=O)c(=O)n(C2CCN(c3nc4c(s3)=CCCC=4)CC2)c2ccc(F)cc21. The molecule has 0 amide bonds. The number of benzene rings is 1. The van der Waals surface area contributed by atoms with Gasteiger partial charge in [0.1, 0.15) is 5.82 Å². The van der Waals surface area contributed by atoms with Crippen molar-refractivity contribution >= 4 is 39.7 Å². The molecule has 8 heteroatoms.